The highest BCUT2D eigenvalue weighted by atomic mass is 32.1. The van der Waals surface area contributed by atoms with E-state index in [0.29, 0.717) is 0 Å². The zero-order chi connectivity index (χ0) is 16.5. The van der Waals surface area contributed by atoms with Crippen LogP contribution in [0.2, 0.25) is 0 Å². The van der Waals surface area contributed by atoms with Crippen LogP contribution in [-0.4, -0.2) is 41.2 Å². The fourth-order valence-corrected chi connectivity index (χ4v) is 4.28. The molecule has 6 heteroatoms. The lowest BCUT2D eigenvalue weighted by atomic mass is 10.2. The van der Waals surface area contributed by atoms with E-state index in [4.69, 9.17) is 9.51 Å². The van der Waals surface area contributed by atoms with Gasteiger partial charge in [-0.3, -0.25) is 4.90 Å². The molecule has 0 radical (unpaired) electrons. The molecule has 0 amide bonds. The summed E-state index contributed by atoms with van der Waals surface area (Å²) >= 11 is 1.80. The number of fused-ring (bicyclic) bond motifs is 1. The van der Waals surface area contributed by atoms with Gasteiger partial charge in [0.2, 0.25) is 0 Å². The zero-order valence-electron chi connectivity index (χ0n) is 14.2. The molecule has 3 heterocycles. The zero-order valence-corrected chi connectivity index (χ0v) is 15.0. The van der Waals surface area contributed by atoms with Gasteiger partial charge >= 0.3 is 0 Å². The third kappa shape index (κ3) is 3.03. The van der Waals surface area contributed by atoms with E-state index in [-0.39, 0.29) is 0 Å². The molecule has 1 aliphatic rings. The van der Waals surface area contributed by atoms with Gasteiger partial charge in [0.15, 0.2) is 5.13 Å². The summed E-state index contributed by atoms with van der Waals surface area (Å²) in [5.74, 6) is 0.944. The van der Waals surface area contributed by atoms with Crippen LogP contribution < -0.4 is 4.90 Å². The monoisotopic (exact) mass is 342 g/mol. The van der Waals surface area contributed by atoms with Gasteiger partial charge in [0.25, 0.3) is 0 Å². The van der Waals surface area contributed by atoms with Crippen molar-refractivity contribution >= 4 is 26.7 Å². The highest BCUT2D eigenvalue weighted by molar-refractivity contribution is 7.22. The third-order valence-corrected chi connectivity index (χ3v) is 5.80. The first-order valence-corrected chi connectivity index (χ1v) is 9.27. The van der Waals surface area contributed by atoms with Crippen molar-refractivity contribution in [2.24, 2.45) is 0 Å². The van der Waals surface area contributed by atoms with E-state index in [9.17, 15) is 0 Å². The number of para-hydroxylation sites is 1. The van der Waals surface area contributed by atoms with Crippen LogP contribution in [0.25, 0.3) is 10.2 Å². The lowest BCUT2D eigenvalue weighted by molar-refractivity contribution is 0.282. The normalized spacial score (nSPS) is 16.7. The molecule has 0 spiro atoms. The molecule has 1 saturated heterocycles. The summed E-state index contributed by atoms with van der Waals surface area (Å²) in [5, 5.41) is 5.22. The van der Waals surface area contributed by atoms with E-state index in [2.05, 4.69) is 39.2 Å². The molecule has 0 atom stereocenters. The van der Waals surface area contributed by atoms with E-state index >= 15 is 0 Å². The Labute approximate surface area is 145 Å². The average Bonchev–Trinajstić information content (AvgIpc) is 3.05. The summed E-state index contributed by atoms with van der Waals surface area (Å²) in [6, 6.07) is 8.38. The Hall–Kier alpha value is -1.92. The second-order valence-corrected chi connectivity index (χ2v) is 7.39. The Bertz CT molecular complexity index is 788. The van der Waals surface area contributed by atoms with Crippen molar-refractivity contribution in [2.45, 2.75) is 26.8 Å². The number of aryl methyl sites for hydroxylation is 2. The molecular formula is C18H22N4OS. The summed E-state index contributed by atoms with van der Waals surface area (Å²) in [4.78, 5) is 9.74. The molecule has 0 unspecified atom stereocenters. The molecule has 1 fully saturated rings. The molecule has 4 rings (SSSR count). The lowest BCUT2D eigenvalue weighted by Crippen LogP contribution is -2.30. The molecule has 1 aromatic carbocycles. The molecule has 1 aliphatic heterocycles. The second-order valence-electron chi connectivity index (χ2n) is 6.38. The molecule has 0 saturated carbocycles. The predicted molar refractivity (Wildman–Crippen MR) is 97.7 cm³/mol. The van der Waals surface area contributed by atoms with Crippen LogP contribution in [-0.2, 0) is 6.54 Å². The minimum absolute atomic E-state index is 0.925. The van der Waals surface area contributed by atoms with Crippen LogP contribution in [0, 0.1) is 13.8 Å². The van der Waals surface area contributed by atoms with Gasteiger partial charge in [-0.05, 0) is 32.4 Å². The standard InChI is InChI=1S/C18H22N4OS/c1-13-15(14(2)23-20-13)12-21-8-5-9-22(11-10-21)18-19-16-6-3-4-7-17(16)24-18/h3-4,6-7H,5,8-12H2,1-2H3. The van der Waals surface area contributed by atoms with Gasteiger partial charge < -0.3 is 9.42 Å². The van der Waals surface area contributed by atoms with Crippen molar-refractivity contribution in [3.05, 3.63) is 41.3 Å². The number of hydrogen-bond donors (Lipinski definition) is 0. The number of hydrogen-bond acceptors (Lipinski definition) is 6. The number of benzene rings is 1. The van der Waals surface area contributed by atoms with Crippen molar-refractivity contribution in [1.29, 1.82) is 0 Å². The van der Waals surface area contributed by atoms with Crippen LogP contribution in [0.15, 0.2) is 28.8 Å². The number of rotatable bonds is 3. The maximum absolute atomic E-state index is 5.30. The largest absolute Gasteiger partial charge is 0.361 e. The van der Waals surface area contributed by atoms with Crippen molar-refractivity contribution < 1.29 is 4.52 Å². The summed E-state index contributed by atoms with van der Waals surface area (Å²) in [6.07, 6.45) is 1.15. The van der Waals surface area contributed by atoms with Crippen LogP contribution in [0.5, 0.6) is 0 Å². The summed E-state index contributed by atoms with van der Waals surface area (Å²) in [6.45, 7) is 9.18. The summed E-state index contributed by atoms with van der Waals surface area (Å²) < 4.78 is 6.56. The minimum atomic E-state index is 0.925. The number of aromatic nitrogens is 2. The van der Waals surface area contributed by atoms with E-state index < -0.39 is 0 Å². The molecule has 3 aromatic rings. The van der Waals surface area contributed by atoms with Gasteiger partial charge in [-0.25, -0.2) is 4.98 Å². The van der Waals surface area contributed by atoms with Gasteiger partial charge in [0.1, 0.15) is 5.76 Å². The highest BCUT2D eigenvalue weighted by Crippen LogP contribution is 2.29. The highest BCUT2D eigenvalue weighted by Gasteiger charge is 2.20. The predicted octanol–water partition coefficient (Wildman–Crippen LogP) is 3.61. The van der Waals surface area contributed by atoms with Gasteiger partial charge in [0.05, 0.1) is 15.9 Å². The molecular weight excluding hydrogens is 320 g/mol. The van der Waals surface area contributed by atoms with Crippen LogP contribution in [0.3, 0.4) is 0 Å². The molecule has 2 aromatic heterocycles. The molecule has 24 heavy (non-hydrogen) atoms. The quantitative estimate of drug-likeness (QED) is 0.727. The second kappa shape index (κ2) is 6.53. The van der Waals surface area contributed by atoms with Gasteiger partial charge in [-0.2, -0.15) is 0 Å². The maximum atomic E-state index is 5.30. The molecule has 0 aliphatic carbocycles. The van der Waals surface area contributed by atoms with Crippen LogP contribution in [0.4, 0.5) is 5.13 Å². The molecule has 0 N–H and O–H groups in total. The van der Waals surface area contributed by atoms with Crippen molar-refractivity contribution in [3.63, 3.8) is 0 Å². The number of nitrogens with zero attached hydrogens (tertiary/aromatic N) is 4. The van der Waals surface area contributed by atoms with Crippen LogP contribution in [0.1, 0.15) is 23.4 Å². The van der Waals surface area contributed by atoms with Crippen molar-refractivity contribution in [3.8, 4) is 0 Å². The Morgan fingerprint density at radius 3 is 2.79 bits per heavy atom. The smallest absolute Gasteiger partial charge is 0.186 e. The Morgan fingerprint density at radius 2 is 2.00 bits per heavy atom. The van der Waals surface area contributed by atoms with E-state index in [0.717, 1.165) is 61.2 Å². The fourth-order valence-electron chi connectivity index (χ4n) is 3.27. The molecule has 0 bridgehead atoms. The maximum Gasteiger partial charge on any atom is 0.186 e. The van der Waals surface area contributed by atoms with E-state index in [1.807, 2.05) is 13.8 Å². The SMILES string of the molecule is Cc1noc(C)c1CN1CCCN(c2nc3ccccc3s2)CC1. The average molecular weight is 342 g/mol. The Kier molecular flexibility index (Phi) is 4.24. The number of anilines is 1. The first-order chi connectivity index (χ1) is 11.7. The van der Waals surface area contributed by atoms with Crippen LogP contribution >= 0.6 is 11.3 Å². The summed E-state index contributed by atoms with van der Waals surface area (Å²) in [5.41, 5.74) is 3.36. The van der Waals surface area contributed by atoms with E-state index in [1.165, 1.54) is 10.3 Å². The Morgan fingerprint density at radius 1 is 1.12 bits per heavy atom. The first-order valence-electron chi connectivity index (χ1n) is 8.45. The van der Waals surface area contributed by atoms with Gasteiger partial charge in [-0.1, -0.05) is 28.6 Å². The first kappa shape index (κ1) is 15.6. The van der Waals surface area contributed by atoms with Gasteiger partial charge in [0, 0.05) is 38.3 Å². The number of thiazole rings is 1. The van der Waals surface area contributed by atoms with E-state index in [1.54, 1.807) is 11.3 Å². The fraction of sp³-hybridized carbons (Fsp3) is 0.444. The third-order valence-electron chi connectivity index (χ3n) is 4.70. The lowest BCUT2D eigenvalue weighted by Gasteiger charge is -2.21. The Balaban J connectivity index is 1.46. The minimum Gasteiger partial charge on any atom is -0.361 e. The summed E-state index contributed by atoms with van der Waals surface area (Å²) in [7, 11) is 0. The van der Waals surface area contributed by atoms with Gasteiger partial charge in [-0.15, -0.1) is 0 Å². The van der Waals surface area contributed by atoms with Crippen molar-refractivity contribution in [2.75, 3.05) is 31.1 Å². The topological polar surface area (TPSA) is 45.4 Å². The van der Waals surface area contributed by atoms with Crippen molar-refractivity contribution in [1.82, 2.24) is 15.0 Å². The molecule has 5 nitrogen and oxygen atoms in total. The molecule has 126 valence electrons.